The van der Waals surface area contributed by atoms with Crippen molar-refractivity contribution < 1.29 is 18.9 Å². The molecule has 1 heterocycles. The van der Waals surface area contributed by atoms with Gasteiger partial charge in [-0.05, 0) is 36.8 Å². The second kappa shape index (κ2) is 8.57. The molecule has 0 aliphatic carbocycles. The van der Waals surface area contributed by atoms with E-state index >= 15 is 0 Å². The molecule has 10 nitrogen and oxygen atoms in total. The maximum Gasteiger partial charge on any atom is 0.419 e. The van der Waals surface area contributed by atoms with Gasteiger partial charge in [-0.1, -0.05) is 11.6 Å². The molecular formula is C18H15ClN4O6. The normalized spacial score (nSPS) is 10.7. The predicted molar refractivity (Wildman–Crippen MR) is 103 cm³/mol. The van der Waals surface area contributed by atoms with Crippen molar-refractivity contribution in [2.75, 3.05) is 0 Å². The van der Waals surface area contributed by atoms with E-state index in [4.69, 9.17) is 16.0 Å². The molecule has 0 bridgehead atoms. The lowest BCUT2D eigenvalue weighted by atomic mass is 10.2. The number of oxazole rings is 1. The smallest absolute Gasteiger partial charge is 0.407 e. The Bertz CT molecular complexity index is 1140. The number of nitrogens with one attached hydrogen (secondary N) is 2. The van der Waals surface area contributed by atoms with Gasteiger partial charge in [-0.15, -0.1) is 0 Å². The summed E-state index contributed by atoms with van der Waals surface area (Å²) in [6.07, 6.45) is 0.321. The molecule has 0 fully saturated rings. The number of halogens is 1. The molecule has 0 unspecified atom stereocenters. The predicted octanol–water partition coefficient (Wildman–Crippen LogP) is 2.40. The maximum absolute atomic E-state index is 12.0. The molecule has 150 valence electrons. The summed E-state index contributed by atoms with van der Waals surface area (Å²) >= 11 is 5.75. The summed E-state index contributed by atoms with van der Waals surface area (Å²) in [4.78, 5) is 46.0. The molecule has 0 radical (unpaired) electrons. The maximum atomic E-state index is 12.0. The van der Waals surface area contributed by atoms with Gasteiger partial charge >= 0.3 is 5.76 Å². The molecule has 1 aromatic heterocycles. The van der Waals surface area contributed by atoms with Gasteiger partial charge in [0.25, 0.3) is 11.6 Å². The molecule has 2 aromatic carbocycles. The van der Waals surface area contributed by atoms with Crippen LogP contribution in [-0.4, -0.2) is 21.3 Å². The third-order valence-electron chi connectivity index (χ3n) is 4.07. The standard InChI is InChI=1S/C18H15ClN4O6/c19-12-5-3-11(4-6-12)17(25)21-20-16(24)2-1-9-22-14-8-7-13(23(27)28)10-15(14)29-18(22)26/h3-8,10H,1-2,9H2,(H,20,24)(H,21,25). The molecule has 3 aromatic rings. The van der Waals surface area contributed by atoms with Gasteiger partial charge in [0.1, 0.15) is 0 Å². The summed E-state index contributed by atoms with van der Waals surface area (Å²) in [6.45, 7) is 0.169. The first-order valence-electron chi connectivity index (χ1n) is 8.47. The quantitative estimate of drug-likeness (QED) is 0.466. The first kappa shape index (κ1) is 20.1. The van der Waals surface area contributed by atoms with E-state index in [2.05, 4.69) is 10.9 Å². The monoisotopic (exact) mass is 418 g/mol. The molecule has 0 spiro atoms. The van der Waals surface area contributed by atoms with Crippen LogP contribution in [0.15, 0.2) is 51.7 Å². The molecule has 0 atom stereocenters. The second-order valence-corrected chi connectivity index (χ2v) is 6.48. The summed E-state index contributed by atoms with van der Waals surface area (Å²) in [5.74, 6) is -1.60. The number of nitrogens with zero attached hydrogens (tertiary/aromatic N) is 2. The van der Waals surface area contributed by atoms with Crippen LogP contribution >= 0.6 is 11.6 Å². The van der Waals surface area contributed by atoms with Crippen LogP contribution in [-0.2, 0) is 11.3 Å². The summed E-state index contributed by atoms with van der Waals surface area (Å²) < 4.78 is 6.31. The summed E-state index contributed by atoms with van der Waals surface area (Å²) in [7, 11) is 0. The number of carbonyl (C=O) groups is 2. The van der Waals surface area contributed by atoms with E-state index in [0.717, 1.165) is 0 Å². The summed E-state index contributed by atoms with van der Waals surface area (Å²) in [5.41, 5.74) is 5.23. The molecule has 0 aliphatic heterocycles. The van der Waals surface area contributed by atoms with Crippen molar-refractivity contribution in [2.45, 2.75) is 19.4 Å². The molecule has 11 heteroatoms. The highest BCUT2D eigenvalue weighted by Crippen LogP contribution is 2.20. The Morgan fingerprint density at radius 3 is 2.55 bits per heavy atom. The van der Waals surface area contributed by atoms with Crippen molar-refractivity contribution in [3.8, 4) is 0 Å². The molecule has 0 saturated carbocycles. The van der Waals surface area contributed by atoms with Crippen molar-refractivity contribution in [2.24, 2.45) is 0 Å². The number of nitro benzene ring substituents is 1. The molecule has 29 heavy (non-hydrogen) atoms. The van der Waals surface area contributed by atoms with E-state index in [-0.39, 0.29) is 30.7 Å². The number of aromatic nitrogens is 1. The van der Waals surface area contributed by atoms with E-state index < -0.39 is 22.5 Å². The van der Waals surface area contributed by atoms with Gasteiger partial charge in [-0.2, -0.15) is 0 Å². The van der Waals surface area contributed by atoms with Crippen LogP contribution < -0.4 is 16.6 Å². The van der Waals surface area contributed by atoms with Crippen molar-refractivity contribution in [3.05, 3.63) is 73.7 Å². The van der Waals surface area contributed by atoms with Gasteiger partial charge in [0.2, 0.25) is 5.91 Å². The SMILES string of the molecule is O=C(CCCn1c(=O)oc2cc([N+](=O)[O-])ccc21)NNC(=O)c1ccc(Cl)cc1. The number of amides is 2. The van der Waals surface area contributed by atoms with Gasteiger partial charge in [-0.3, -0.25) is 35.1 Å². The number of hydrogen-bond acceptors (Lipinski definition) is 6. The van der Waals surface area contributed by atoms with Crippen LogP contribution in [0.4, 0.5) is 5.69 Å². The van der Waals surface area contributed by atoms with Crippen molar-refractivity contribution in [1.29, 1.82) is 0 Å². The van der Waals surface area contributed by atoms with Crippen molar-refractivity contribution in [1.82, 2.24) is 15.4 Å². The van der Waals surface area contributed by atoms with E-state index in [0.29, 0.717) is 16.1 Å². The molecule has 2 N–H and O–H groups in total. The Kier molecular flexibility index (Phi) is 5.93. The summed E-state index contributed by atoms with van der Waals surface area (Å²) in [6, 6.07) is 10.0. The first-order chi connectivity index (χ1) is 13.8. The van der Waals surface area contributed by atoms with Gasteiger partial charge in [0, 0.05) is 29.6 Å². The van der Waals surface area contributed by atoms with Crippen LogP contribution in [0.25, 0.3) is 11.1 Å². The van der Waals surface area contributed by atoms with E-state index in [1.165, 1.54) is 34.9 Å². The first-order valence-corrected chi connectivity index (χ1v) is 8.85. The minimum absolute atomic E-state index is 0.0347. The van der Waals surface area contributed by atoms with E-state index in [9.17, 15) is 24.5 Å². The van der Waals surface area contributed by atoms with Crippen LogP contribution in [0.3, 0.4) is 0 Å². The zero-order valence-corrected chi connectivity index (χ0v) is 15.6. The van der Waals surface area contributed by atoms with Gasteiger partial charge in [0.05, 0.1) is 16.5 Å². The number of rotatable bonds is 6. The average molecular weight is 419 g/mol. The van der Waals surface area contributed by atoms with E-state index in [1.54, 1.807) is 12.1 Å². The highest BCUT2D eigenvalue weighted by Gasteiger charge is 2.14. The lowest BCUT2D eigenvalue weighted by Crippen LogP contribution is -2.41. The number of fused-ring (bicyclic) bond motifs is 1. The summed E-state index contributed by atoms with van der Waals surface area (Å²) in [5, 5.41) is 11.3. The van der Waals surface area contributed by atoms with Gasteiger partial charge in [-0.25, -0.2) is 4.79 Å². The minimum Gasteiger partial charge on any atom is -0.407 e. The van der Waals surface area contributed by atoms with Crippen LogP contribution in [0.5, 0.6) is 0 Å². The lowest BCUT2D eigenvalue weighted by molar-refractivity contribution is -0.384. The molecule has 3 rings (SSSR count). The third kappa shape index (κ3) is 4.79. The van der Waals surface area contributed by atoms with E-state index in [1.807, 2.05) is 0 Å². The number of non-ortho nitro benzene ring substituents is 1. The Hall–Kier alpha value is -3.66. The van der Waals surface area contributed by atoms with Crippen LogP contribution in [0.2, 0.25) is 5.02 Å². The Morgan fingerprint density at radius 1 is 1.14 bits per heavy atom. The number of carbonyl (C=O) groups excluding carboxylic acids is 2. The largest absolute Gasteiger partial charge is 0.419 e. The Labute approximate surface area is 168 Å². The topological polar surface area (TPSA) is 136 Å². The van der Waals surface area contributed by atoms with Gasteiger partial charge < -0.3 is 4.42 Å². The zero-order valence-electron chi connectivity index (χ0n) is 14.9. The van der Waals surface area contributed by atoms with Crippen LogP contribution in [0.1, 0.15) is 23.2 Å². The molecule has 2 amide bonds. The lowest BCUT2D eigenvalue weighted by Gasteiger charge is -2.07. The molecular weight excluding hydrogens is 404 g/mol. The van der Waals surface area contributed by atoms with Crippen LogP contribution in [0, 0.1) is 10.1 Å². The van der Waals surface area contributed by atoms with Gasteiger partial charge in [0.15, 0.2) is 5.58 Å². The molecule has 0 aliphatic rings. The second-order valence-electron chi connectivity index (χ2n) is 6.04. The number of hydrazine groups is 1. The Morgan fingerprint density at radius 2 is 1.86 bits per heavy atom. The average Bonchev–Trinajstić information content (AvgIpc) is 3.01. The Balaban J connectivity index is 1.53. The molecule has 0 saturated heterocycles. The third-order valence-corrected chi connectivity index (χ3v) is 4.32. The zero-order chi connectivity index (χ0) is 21.0. The highest BCUT2D eigenvalue weighted by molar-refractivity contribution is 6.30. The number of nitro groups is 1. The number of aryl methyl sites for hydroxylation is 1. The number of hydrogen-bond donors (Lipinski definition) is 2. The fourth-order valence-electron chi connectivity index (χ4n) is 2.64. The highest BCUT2D eigenvalue weighted by atomic mass is 35.5. The number of benzene rings is 2. The fraction of sp³-hybridized carbons (Fsp3) is 0.167. The minimum atomic E-state index is -0.669. The van der Waals surface area contributed by atoms with Crippen molar-refractivity contribution >= 4 is 40.2 Å². The fourth-order valence-corrected chi connectivity index (χ4v) is 2.77. The van der Waals surface area contributed by atoms with Crippen molar-refractivity contribution in [3.63, 3.8) is 0 Å².